The van der Waals surface area contributed by atoms with Crippen LogP contribution in [0.25, 0.3) is 0 Å². The number of nitriles is 1. The number of hydrogen-bond donors (Lipinski definition) is 2. The molecule has 0 spiro atoms. The Bertz CT molecular complexity index is 826. The maximum atomic E-state index is 13.9. The van der Waals surface area contributed by atoms with E-state index >= 15 is 0 Å². The number of anilines is 1. The van der Waals surface area contributed by atoms with Crippen molar-refractivity contribution in [3.63, 3.8) is 0 Å². The molecule has 0 aliphatic heterocycles. The number of Topliss-reactive ketones (excluding diaryl/α,β-unsaturated/α-hetero) is 1. The molecular weight excluding hydrogens is 314 g/mol. The van der Waals surface area contributed by atoms with Crippen LogP contribution in [0.1, 0.15) is 35.3 Å². The highest BCUT2D eigenvalue weighted by atomic mass is 19.1. The topological polar surface area (TPSA) is 73.1 Å². The number of hydrogen-bond acceptors (Lipinski definition) is 4. The van der Waals surface area contributed by atoms with Crippen LogP contribution >= 0.6 is 0 Å². The number of nitrogens with zero attached hydrogens (tertiary/aromatic N) is 1. The van der Waals surface area contributed by atoms with Crippen LogP contribution in [0.5, 0.6) is 0 Å². The average Bonchev–Trinajstić information content (AvgIpc) is 2.52. The molecule has 0 radical (unpaired) electrons. The van der Waals surface area contributed by atoms with Gasteiger partial charge in [0, 0.05) is 29.4 Å². The molecule has 0 amide bonds. The van der Waals surface area contributed by atoms with Gasteiger partial charge in [-0.15, -0.1) is 0 Å². The molecule has 0 saturated heterocycles. The third kappa shape index (κ3) is 3.76. The molecule has 0 saturated carbocycles. The van der Waals surface area contributed by atoms with Crippen molar-refractivity contribution in [3.05, 3.63) is 64.7 Å². The zero-order chi connectivity index (χ0) is 17.9. The molecule has 6 heteroatoms. The van der Waals surface area contributed by atoms with Crippen LogP contribution in [0.15, 0.2) is 36.4 Å². The Kier molecular flexibility index (Phi) is 4.96. The lowest BCUT2D eigenvalue weighted by atomic mass is 9.95. The number of rotatable bonds is 5. The number of carbonyl (C=O) groups is 1. The molecule has 0 aliphatic carbocycles. The van der Waals surface area contributed by atoms with Crippen molar-refractivity contribution in [1.29, 1.82) is 5.26 Å². The number of carbonyl (C=O) groups excluding carboxylic acids is 1. The fraction of sp³-hybridized carbons (Fsp3) is 0.222. The van der Waals surface area contributed by atoms with Crippen molar-refractivity contribution in [1.82, 2.24) is 0 Å². The van der Waals surface area contributed by atoms with Crippen molar-refractivity contribution < 1.29 is 18.7 Å². The minimum Gasteiger partial charge on any atom is -0.383 e. The maximum absolute atomic E-state index is 13.9. The van der Waals surface area contributed by atoms with E-state index < -0.39 is 17.2 Å². The molecule has 1 unspecified atom stereocenters. The van der Waals surface area contributed by atoms with Crippen molar-refractivity contribution in [2.24, 2.45) is 0 Å². The standard InChI is InChI=1S/C18H16F2N2O2/c1-11(23)14-5-3-12(9-21)7-17(14)22-10-18(2,24)15-6-4-13(19)8-16(15)20/h3-8,22,24H,10H2,1-2H3. The fourth-order valence-corrected chi connectivity index (χ4v) is 2.36. The highest BCUT2D eigenvalue weighted by Gasteiger charge is 2.27. The molecule has 4 nitrogen and oxygen atoms in total. The molecule has 0 fully saturated rings. The summed E-state index contributed by atoms with van der Waals surface area (Å²) in [6.07, 6.45) is 0. The van der Waals surface area contributed by atoms with Gasteiger partial charge in [0.1, 0.15) is 17.2 Å². The molecule has 0 aliphatic rings. The van der Waals surface area contributed by atoms with Crippen molar-refractivity contribution >= 4 is 11.5 Å². The van der Waals surface area contributed by atoms with E-state index in [9.17, 15) is 18.7 Å². The van der Waals surface area contributed by atoms with Crippen LogP contribution in [0.2, 0.25) is 0 Å². The van der Waals surface area contributed by atoms with Gasteiger partial charge in [0.25, 0.3) is 0 Å². The van der Waals surface area contributed by atoms with Crippen LogP contribution in [-0.2, 0) is 5.60 Å². The summed E-state index contributed by atoms with van der Waals surface area (Å²) in [4.78, 5) is 11.7. The van der Waals surface area contributed by atoms with Crippen molar-refractivity contribution in [2.45, 2.75) is 19.4 Å². The molecule has 2 aromatic carbocycles. The van der Waals surface area contributed by atoms with Crippen LogP contribution < -0.4 is 5.32 Å². The van der Waals surface area contributed by atoms with Gasteiger partial charge in [0.05, 0.1) is 11.6 Å². The van der Waals surface area contributed by atoms with Gasteiger partial charge in [-0.2, -0.15) is 5.26 Å². The lowest BCUT2D eigenvalue weighted by Gasteiger charge is -2.26. The minimum absolute atomic E-state index is 0.0720. The quantitative estimate of drug-likeness (QED) is 0.825. The smallest absolute Gasteiger partial charge is 0.161 e. The Morgan fingerprint density at radius 1 is 1.29 bits per heavy atom. The molecule has 0 aromatic heterocycles. The largest absolute Gasteiger partial charge is 0.383 e. The summed E-state index contributed by atoms with van der Waals surface area (Å²) in [6, 6.07) is 9.39. The molecule has 2 rings (SSSR count). The summed E-state index contributed by atoms with van der Waals surface area (Å²) in [5, 5.41) is 22.3. The Labute approximate surface area is 138 Å². The monoisotopic (exact) mass is 330 g/mol. The lowest BCUT2D eigenvalue weighted by Crippen LogP contribution is -2.32. The zero-order valence-electron chi connectivity index (χ0n) is 13.2. The average molecular weight is 330 g/mol. The summed E-state index contributed by atoms with van der Waals surface area (Å²) < 4.78 is 26.9. The van der Waals surface area contributed by atoms with Crippen molar-refractivity contribution in [3.8, 4) is 6.07 Å². The Morgan fingerprint density at radius 3 is 2.58 bits per heavy atom. The number of nitrogens with one attached hydrogen (secondary N) is 1. The number of halogens is 2. The number of benzene rings is 2. The van der Waals surface area contributed by atoms with Crippen LogP contribution in [0.3, 0.4) is 0 Å². The second kappa shape index (κ2) is 6.77. The second-order valence-electron chi connectivity index (χ2n) is 5.68. The molecule has 2 N–H and O–H groups in total. The normalized spacial score (nSPS) is 13.0. The van der Waals surface area contributed by atoms with Crippen LogP contribution in [-0.4, -0.2) is 17.4 Å². The van der Waals surface area contributed by atoms with Crippen LogP contribution in [0, 0.1) is 23.0 Å². The predicted molar refractivity (Wildman–Crippen MR) is 85.6 cm³/mol. The first-order chi connectivity index (χ1) is 11.2. The summed E-state index contributed by atoms with van der Waals surface area (Å²) >= 11 is 0. The van der Waals surface area contributed by atoms with E-state index in [0.29, 0.717) is 22.9 Å². The van der Waals surface area contributed by atoms with Gasteiger partial charge in [-0.3, -0.25) is 4.79 Å². The minimum atomic E-state index is -1.64. The van der Waals surface area contributed by atoms with E-state index in [1.807, 2.05) is 6.07 Å². The van der Waals surface area contributed by atoms with E-state index in [1.54, 1.807) is 0 Å². The first-order valence-electron chi connectivity index (χ1n) is 7.21. The highest BCUT2D eigenvalue weighted by molar-refractivity contribution is 5.99. The van der Waals surface area contributed by atoms with E-state index in [2.05, 4.69) is 5.32 Å². The Hall–Kier alpha value is -2.78. The summed E-state index contributed by atoms with van der Waals surface area (Å²) in [6.45, 7) is 2.62. The molecular formula is C18H16F2N2O2. The fourth-order valence-electron chi connectivity index (χ4n) is 2.36. The van der Waals surface area contributed by atoms with E-state index in [0.717, 1.165) is 6.07 Å². The number of ketones is 1. The van der Waals surface area contributed by atoms with Gasteiger partial charge in [0.2, 0.25) is 0 Å². The van der Waals surface area contributed by atoms with Gasteiger partial charge in [0.15, 0.2) is 5.78 Å². The molecule has 124 valence electrons. The Morgan fingerprint density at radius 2 is 2.00 bits per heavy atom. The number of aliphatic hydroxyl groups is 1. The van der Waals surface area contributed by atoms with E-state index in [1.165, 1.54) is 38.1 Å². The van der Waals surface area contributed by atoms with E-state index in [4.69, 9.17) is 5.26 Å². The first-order valence-corrected chi connectivity index (χ1v) is 7.21. The van der Waals surface area contributed by atoms with Gasteiger partial charge < -0.3 is 10.4 Å². The lowest BCUT2D eigenvalue weighted by molar-refractivity contribution is 0.0674. The van der Waals surface area contributed by atoms with Gasteiger partial charge in [-0.25, -0.2) is 8.78 Å². The maximum Gasteiger partial charge on any atom is 0.161 e. The third-order valence-corrected chi connectivity index (χ3v) is 3.66. The zero-order valence-corrected chi connectivity index (χ0v) is 13.2. The third-order valence-electron chi connectivity index (χ3n) is 3.66. The van der Waals surface area contributed by atoms with E-state index in [-0.39, 0.29) is 17.9 Å². The SMILES string of the molecule is CC(=O)c1ccc(C#N)cc1NCC(C)(O)c1ccc(F)cc1F. The molecule has 2 aromatic rings. The van der Waals surface area contributed by atoms with Gasteiger partial charge >= 0.3 is 0 Å². The molecule has 0 bridgehead atoms. The summed E-state index contributed by atoms with van der Waals surface area (Å²) in [5.74, 6) is -1.81. The van der Waals surface area contributed by atoms with Gasteiger partial charge in [-0.1, -0.05) is 6.07 Å². The predicted octanol–water partition coefficient (Wildman–Crippen LogP) is 3.36. The molecule has 0 heterocycles. The van der Waals surface area contributed by atoms with Gasteiger partial charge in [-0.05, 0) is 38.1 Å². The highest BCUT2D eigenvalue weighted by Crippen LogP contribution is 2.26. The van der Waals surface area contributed by atoms with Crippen molar-refractivity contribution in [2.75, 3.05) is 11.9 Å². The molecule has 24 heavy (non-hydrogen) atoms. The second-order valence-corrected chi connectivity index (χ2v) is 5.68. The Balaban J connectivity index is 2.29. The summed E-state index contributed by atoms with van der Waals surface area (Å²) in [5.41, 5.74) is -0.657. The summed E-state index contributed by atoms with van der Waals surface area (Å²) in [7, 11) is 0. The first kappa shape index (κ1) is 17.6. The molecule has 1 atom stereocenters. The van der Waals surface area contributed by atoms with Crippen LogP contribution in [0.4, 0.5) is 14.5 Å².